The van der Waals surface area contributed by atoms with Crippen molar-refractivity contribution >= 4 is 5.83 Å². The molecule has 0 aliphatic rings. The summed E-state index contributed by atoms with van der Waals surface area (Å²) in [6.07, 6.45) is 0. The van der Waals surface area contributed by atoms with Crippen LogP contribution in [0.15, 0.2) is 18.0 Å². The monoisotopic (exact) mass is 204 g/mol. The minimum atomic E-state index is -1.36. The van der Waals surface area contributed by atoms with E-state index in [0.29, 0.717) is 0 Å². The van der Waals surface area contributed by atoms with Crippen LogP contribution in [-0.2, 0) is 0 Å². The van der Waals surface area contributed by atoms with Crippen molar-refractivity contribution in [3.8, 4) is 0 Å². The van der Waals surface area contributed by atoms with E-state index in [1.807, 2.05) is 0 Å². The first kappa shape index (κ1) is 10.8. The molecule has 76 valence electrons. The Morgan fingerprint density at radius 2 is 1.71 bits per heavy atom. The zero-order chi connectivity index (χ0) is 10.9. The molecule has 0 aliphatic heterocycles. The van der Waals surface area contributed by atoms with Crippen LogP contribution in [0.5, 0.6) is 0 Å². The van der Waals surface area contributed by atoms with Gasteiger partial charge in [0.2, 0.25) is 0 Å². The summed E-state index contributed by atoms with van der Waals surface area (Å²) < 4.78 is 51.3. The van der Waals surface area contributed by atoms with E-state index >= 15 is 0 Å². The third-order valence-electron chi connectivity index (χ3n) is 1.83. The molecule has 0 radical (unpaired) electrons. The summed E-state index contributed by atoms with van der Waals surface area (Å²) in [6, 6.07) is 2.06. The number of hydrogen-bond donors (Lipinski definition) is 0. The summed E-state index contributed by atoms with van der Waals surface area (Å²) in [5, 5.41) is 0. The first-order chi connectivity index (χ1) is 6.45. The van der Waals surface area contributed by atoms with E-state index in [1.54, 1.807) is 0 Å². The van der Waals surface area contributed by atoms with Crippen LogP contribution in [0, 0.1) is 18.6 Å². The van der Waals surface area contributed by atoms with Crippen molar-refractivity contribution in [2.45, 2.75) is 13.8 Å². The molecule has 1 rings (SSSR count). The summed E-state index contributed by atoms with van der Waals surface area (Å²) in [7, 11) is 0. The van der Waals surface area contributed by atoms with E-state index < -0.39 is 28.9 Å². The standard InChI is InChI=1S/C10H8F4/c1-5-3-4-7(12)10(14)8(5)9(13)6(2)11/h3-4H,1-2H3/b9-6-. The van der Waals surface area contributed by atoms with Gasteiger partial charge in [0.1, 0.15) is 5.83 Å². The van der Waals surface area contributed by atoms with Crippen molar-refractivity contribution in [1.82, 2.24) is 0 Å². The van der Waals surface area contributed by atoms with Crippen LogP contribution in [0.25, 0.3) is 5.83 Å². The largest absolute Gasteiger partial charge is 0.209 e. The molecule has 0 N–H and O–H groups in total. The fourth-order valence-corrected chi connectivity index (χ4v) is 1.09. The van der Waals surface area contributed by atoms with Crippen LogP contribution in [0.3, 0.4) is 0 Å². The second-order valence-corrected chi connectivity index (χ2v) is 2.90. The van der Waals surface area contributed by atoms with Crippen LogP contribution in [-0.4, -0.2) is 0 Å². The molecule has 14 heavy (non-hydrogen) atoms. The van der Waals surface area contributed by atoms with Crippen LogP contribution in [0.1, 0.15) is 18.1 Å². The first-order valence-corrected chi connectivity index (χ1v) is 3.92. The smallest absolute Gasteiger partial charge is 0.169 e. The number of rotatable bonds is 1. The van der Waals surface area contributed by atoms with E-state index in [4.69, 9.17) is 0 Å². The molecule has 0 fully saturated rings. The van der Waals surface area contributed by atoms with Gasteiger partial charge in [-0.1, -0.05) is 6.07 Å². The molecule has 0 aliphatic carbocycles. The van der Waals surface area contributed by atoms with Crippen molar-refractivity contribution in [3.63, 3.8) is 0 Å². The predicted molar refractivity (Wildman–Crippen MR) is 45.9 cm³/mol. The maximum absolute atomic E-state index is 13.1. The third kappa shape index (κ3) is 1.78. The summed E-state index contributed by atoms with van der Waals surface area (Å²) in [5.41, 5.74) is -0.497. The van der Waals surface area contributed by atoms with Crippen LogP contribution < -0.4 is 0 Å². The third-order valence-corrected chi connectivity index (χ3v) is 1.83. The molecule has 0 aromatic heterocycles. The molecule has 4 heteroatoms. The summed E-state index contributed by atoms with van der Waals surface area (Å²) in [4.78, 5) is 0. The number of halogens is 4. The number of benzene rings is 1. The minimum Gasteiger partial charge on any atom is -0.209 e. The molecule has 0 atom stereocenters. The topological polar surface area (TPSA) is 0 Å². The molecular weight excluding hydrogens is 196 g/mol. The van der Waals surface area contributed by atoms with Crippen molar-refractivity contribution in [1.29, 1.82) is 0 Å². The van der Waals surface area contributed by atoms with E-state index in [9.17, 15) is 17.6 Å². The van der Waals surface area contributed by atoms with Gasteiger partial charge < -0.3 is 0 Å². The van der Waals surface area contributed by atoms with Gasteiger partial charge in [0, 0.05) is 0 Å². The van der Waals surface area contributed by atoms with Crippen LogP contribution >= 0.6 is 0 Å². The van der Waals surface area contributed by atoms with Crippen molar-refractivity contribution in [3.05, 3.63) is 40.7 Å². The van der Waals surface area contributed by atoms with Gasteiger partial charge in [-0.15, -0.1) is 0 Å². The Hall–Kier alpha value is -1.32. The van der Waals surface area contributed by atoms with Crippen molar-refractivity contribution < 1.29 is 17.6 Å². The highest BCUT2D eigenvalue weighted by molar-refractivity contribution is 5.64. The highest BCUT2D eigenvalue weighted by Crippen LogP contribution is 2.28. The van der Waals surface area contributed by atoms with Crippen LogP contribution in [0.4, 0.5) is 17.6 Å². The molecule has 0 saturated carbocycles. The minimum absolute atomic E-state index is 0.151. The van der Waals surface area contributed by atoms with Gasteiger partial charge in [-0.3, -0.25) is 0 Å². The molecule has 0 saturated heterocycles. The van der Waals surface area contributed by atoms with Gasteiger partial charge in [0.15, 0.2) is 17.5 Å². The first-order valence-electron chi connectivity index (χ1n) is 3.92. The average molecular weight is 204 g/mol. The average Bonchev–Trinajstić information content (AvgIpc) is 2.12. The number of allylic oxidation sites excluding steroid dienone is 1. The van der Waals surface area contributed by atoms with Gasteiger partial charge in [0.25, 0.3) is 0 Å². The summed E-state index contributed by atoms with van der Waals surface area (Å²) in [6.45, 7) is 2.22. The molecule has 1 aromatic rings. The lowest BCUT2D eigenvalue weighted by atomic mass is 10.1. The second kappa shape index (κ2) is 3.82. The SMILES string of the molecule is C/C(F)=C(/F)c1c(C)ccc(F)c1F. The van der Waals surface area contributed by atoms with Gasteiger partial charge in [0.05, 0.1) is 5.56 Å². The highest BCUT2D eigenvalue weighted by atomic mass is 19.2. The Morgan fingerprint density at radius 3 is 2.21 bits per heavy atom. The number of aryl methyl sites for hydroxylation is 1. The van der Waals surface area contributed by atoms with Gasteiger partial charge in [-0.2, -0.15) is 0 Å². The van der Waals surface area contributed by atoms with Crippen LogP contribution in [0.2, 0.25) is 0 Å². The lowest BCUT2D eigenvalue weighted by molar-refractivity contribution is 0.499. The highest BCUT2D eigenvalue weighted by Gasteiger charge is 2.17. The quantitative estimate of drug-likeness (QED) is 0.608. The van der Waals surface area contributed by atoms with Gasteiger partial charge >= 0.3 is 0 Å². The molecule has 1 aromatic carbocycles. The van der Waals surface area contributed by atoms with E-state index in [0.717, 1.165) is 13.0 Å². The summed E-state index contributed by atoms with van der Waals surface area (Å²) >= 11 is 0. The zero-order valence-electron chi connectivity index (χ0n) is 7.67. The normalized spacial score (nSPS) is 12.7. The Bertz CT molecular complexity index is 389. The van der Waals surface area contributed by atoms with Gasteiger partial charge in [-0.05, 0) is 25.5 Å². The molecule has 0 nitrogen and oxygen atoms in total. The van der Waals surface area contributed by atoms with E-state index in [-0.39, 0.29) is 5.56 Å². The second-order valence-electron chi connectivity index (χ2n) is 2.90. The lowest BCUT2D eigenvalue weighted by Crippen LogP contribution is -1.95. The maximum atomic E-state index is 13.1. The Labute approximate surface area is 78.9 Å². The molecule has 0 bridgehead atoms. The lowest BCUT2D eigenvalue weighted by Gasteiger charge is -2.05. The zero-order valence-corrected chi connectivity index (χ0v) is 7.67. The molecular formula is C10H8F4. The van der Waals surface area contributed by atoms with E-state index in [1.165, 1.54) is 13.0 Å². The van der Waals surface area contributed by atoms with Crippen molar-refractivity contribution in [2.24, 2.45) is 0 Å². The Kier molecular flexibility index (Phi) is 2.93. The maximum Gasteiger partial charge on any atom is 0.169 e. The van der Waals surface area contributed by atoms with E-state index in [2.05, 4.69) is 0 Å². The van der Waals surface area contributed by atoms with Gasteiger partial charge in [-0.25, -0.2) is 17.6 Å². The molecule has 0 spiro atoms. The predicted octanol–water partition coefficient (Wildman–Crippen LogP) is 3.90. The number of hydrogen-bond acceptors (Lipinski definition) is 0. The molecule has 0 amide bonds. The molecule has 0 heterocycles. The Morgan fingerprint density at radius 1 is 1.14 bits per heavy atom. The molecule has 0 unspecified atom stereocenters. The van der Waals surface area contributed by atoms with Crippen molar-refractivity contribution in [2.75, 3.05) is 0 Å². The fourth-order valence-electron chi connectivity index (χ4n) is 1.09. The summed E-state index contributed by atoms with van der Waals surface area (Å²) in [5.74, 6) is -5.08. The Balaban J connectivity index is 3.48. The fraction of sp³-hybridized carbons (Fsp3) is 0.200.